The smallest absolute Gasteiger partial charge is 0.326 e. The van der Waals surface area contributed by atoms with Crippen LogP contribution in [-0.2, 0) is 4.79 Å². The number of pyridine rings is 1. The lowest BCUT2D eigenvalue weighted by Crippen LogP contribution is -2.43. The molecule has 1 aromatic heterocycles. The first-order chi connectivity index (χ1) is 11.0. The summed E-state index contributed by atoms with van der Waals surface area (Å²) < 4.78 is 5.25. The molecule has 7 heteroatoms. The first-order valence-corrected chi connectivity index (χ1v) is 8.22. The van der Waals surface area contributed by atoms with Gasteiger partial charge in [-0.2, -0.15) is 0 Å². The fourth-order valence-electron chi connectivity index (χ4n) is 3.78. The number of nitrogens with zero attached hydrogens (tertiary/aromatic N) is 2. The van der Waals surface area contributed by atoms with Gasteiger partial charge in [0, 0.05) is 12.7 Å². The monoisotopic (exact) mass is 338 g/mol. The Bertz CT molecular complexity index is 637. The maximum atomic E-state index is 12.7. The Kier molecular flexibility index (Phi) is 4.43. The van der Waals surface area contributed by atoms with Crippen LogP contribution in [0.25, 0.3) is 0 Å². The summed E-state index contributed by atoms with van der Waals surface area (Å²) in [6.07, 6.45) is 4.29. The zero-order chi connectivity index (χ0) is 16.6. The number of carboxylic acids is 1. The highest BCUT2D eigenvalue weighted by Gasteiger charge is 2.49. The molecule has 2 fully saturated rings. The van der Waals surface area contributed by atoms with E-state index in [0.717, 1.165) is 19.3 Å². The van der Waals surface area contributed by atoms with E-state index in [0.29, 0.717) is 18.7 Å². The minimum atomic E-state index is -0.933. The van der Waals surface area contributed by atoms with Gasteiger partial charge in [0.2, 0.25) is 5.88 Å². The number of hydrogen-bond acceptors (Lipinski definition) is 4. The van der Waals surface area contributed by atoms with Gasteiger partial charge in [-0.05, 0) is 37.7 Å². The SMILES string of the molecule is CCOc1ncc(C(=O)N2C[C@@H]3CCC[C@@H]3[C@H]2C(=O)O)cc1Cl. The number of hydrogen-bond donors (Lipinski definition) is 1. The lowest BCUT2D eigenvalue weighted by atomic mass is 9.94. The van der Waals surface area contributed by atoms with Crippen molar-refractivity contribution in [3.05, 3.63) is 22.8 Å². The number of aliphatic carboxylic acids is 1. The van der Waals surface area contributed by atoms with E-state index < -0.39 is 12.0 Å². The van der Waals surface area contributed by atoms with E-state index in [9.17, 15) is 14.7 Å². The van der Waals surface area contributed by atoms with E-state index in [2.05, 4.69) is 4.98 Å². The van der Waals surface area contributed by atoms with Crippen LogP contribution in [0, 0.1) is 11.8 Å². The molecule has 2 heterocycles. The molecule has 2 aliphatic rings. The zero-order valence-corrected chi connectivity index (χ0v) is 13.6. The van der Waals surface area contributed by atoms with Gasteiger partial charge in [-0.3, -0.25) is 4.79 Å². The Morgan fingerprint density at radius 3 is 2.91 bits per heavy atom. The van der Waals surface area contributed by atoms with Crippen LogP contribution in [0.5, 0.6) is 5.88 Å². The van der Waals surface area contributed by atoms with E-state index in [1.807, 2.05) is 6.92 Å². The Morgan fingerprint density at radius 1 is 1.48 bits per heavy atom. The summed E-state index contributed by atoms with van der Waals surface area (Å²) in [6.45, 7) is 2.74. The van der Waals surface area contributed by atoms with Crippen LogP contribution < -0.4 is 4.74 Å². The normalized spacial score (nSPS) is 26.2. The Labute approximate surface area is 139 Å². The first kappa shape index (κ1) is 16.1. The average molecular weight is 339 g/mol. The number of likely N-dealkylation sites (tertiary alicyclic amines) is 1. The van der Waals surface area contributed by atoms with E-state index in [1.54, 1.807) is 0 Å². The molecule has 0 radical (unpaired) electrons. The second kappa shape index (κ2) is 6.35. The number of carbonyl (C=O) groups excluding carboxylic acids is 1. The molecule has 1 saturated heterocycles. The number of rotatable bonds is 4. The number of ether oxygens (including phenoxy) is 1. The summed E-state index contributed by atoms with van der Waals surface area (Å²) in [5.74, 6) is -0.644. The summed E-state index contributed by atoms with van der Waals surface area (Å²) in [5.41, 5.74) is 0.296. The van der Waals surface area contributed by atoms with Crippen molar-refractivity contribution in [1.29, 1.82) is 0 Å². The van der Waals surface area contributed by atoms with Gasteiger partial charge in [-0.25, -0.2) is 9.78 Å². The number of carbonyl (C=O) groups is 2. The van der Waals surface area contributed by atoms with Crippen LogP contribution in [-0.4, -0.2) is 46.1 Å². The Balaban J connectivity index is 1.85. The van der Waals surface area contributed by atoms with Crippen molar-refractivity contribution in [3.8, 4) is 5.88 Å². The van der Waals surface area contributed by atoms with Gasteiger partial charge in [0.1, 0.15) is 11.1 Å². The molecule has 1 saturated carbocycles. The molecular formula is C16H19ClN2O4. The Hall–Kier alpha value is -1.82. The molecule has 0 spiro atoms. The summed E-state index contributed by atoms with van der Waals surface area (Å²) >= 11 is 6.08. The molecule has 6 nitrogen and oxygen atoms in total. The van der Waals surface area contributed by atoms with Crippen LogP contribution in [0.15, 0.2) is 12.3 Å². The summed E-state index contributed by atoms with van der Waals surface area (Å²) in [7, 11) is 0. The minimum Gasteiger partial charge on any atom is -0.480 e. The molecular weight excluding hydrogens is 320 g/mol. The molecule has 1 amide bonds. The quantitative estimate of drug-likeness (QED) is 0.912. The summed E-state index contributed by atoms with van der Waals surface area (Å²) in [4.78, 5) is 29.9. The van der Waals surface area contributed by atoms with Gasteiger partial charge < -0.3 is 14.7 Å². The highest BCUT2D eigenvalue weighted by molar-refractivity contribution is 6.32. The van der Waals surface area contributed by atoms with E-state index in [4.69, 9.17) is 16.3 Å². The van der Waals surface area contributed by atoms with E-state index in [-0.39, 0.29) is 28.6 Å². The van der Waals surface area contributed by atoms with Crippen molar-refractivity contribution in [3.63, 3.8) is 0 Å². The third kappa shape index (κ3) is 2.87. The van der Waals surface area contributed by atoms with E-state index >= 15 is 0 Å². The molecule has 0 unspecified atom stereocenters. The summed E-state index contributed by atoms with van der Waals surface area (Å²) in [5, 5.41) is 9.79. The van der Waals surface area contributed by atoms with Gasteiger partial charge in [-0.15, -0.1) is 0 Å². The van der Waals surface area contributed by atoms with Crippen LogP contribution in [0.3, 0.4) is 0 Å². The molecule has 124 valence electrons. The van der Waals surface area contributed by atoms with Crippen molar-refractivity contribution >= 4 is 23.5 Å². The third-order valence-electron chi connectivity index (χ3n) is 4.74. The van der Waals surface area contributed by atoms with E-state index in [1.165, 1.54) is 17.2 Å². The lowest BCUT2D eigenvalue weighted by molar-refractivity contribution is -0.142. The van der Waals surface area contributed by atoms with Crippen molar-refractivity contribution in [1.82, 2.24) is 9.88 Å². The molecule has 3 rings (SSSR count). The third-order valence-corrected chi connectivity index (χ3v) is 5.01. The van der Waals surface area contributed by atoms with Gasteiger partial charge in [0.05, 0.1) is 12.2 Å². The fraction of sp³-hybridized carbons (Fsp3) is 0.562. The second-order valence-corrected chi connectivity index (χ2v) is 6.45. The molecule has 0 aromatic carbocycles. The molecule has 1 aliphatic carbocycles. The number of amides is 1. The highest BCUT2D eigenvalue weighted by atomic mass is 35.5. The number of halogens is 1. The van der Waals surface area contributed by atoms with Crippen LogP contribution >= 0.6 is 11.6 Å². The second-order valence-electron chi connectivity index (χ2n) is 6.04. The van der Waals surface area contributed by atoms with Crippen LogP contribution in [0.1, 0.15) is 36.5 Å². The predicted molar refractivity (Wildman–Crippen MR) is 83.7 cm³/mol. The number of carboxylic acid groups (broad SMARTS) is 1. The predicted octanol–water partition coefficient (Wildman–Crippen LogP) is 2.46. The maximum Gasteiger partial charge on any atom is 0.326 e. The molecule has 1 aromatic rings. The van der Waals surface area contributed by atoms with Gasteiger partial charge in [0.25, 0.3) is 5.91 Å². The van der Waals surface area contributed by atoms with Gasteiger partial charge in [0.15, 0.2) is 0 Å². The van der Waals surface area contributed by atoms with Crippen LogP contribution in [0.4, 0.5) is 0 Å². The summed E-state index contributed by atoms with van der Waals surface area (Å²) in [6, 6.07) is 0.745. The fourth-order valence-corrected chi connectivity index (χ4v) is 4.00. The van der Waals surface area contributed by atoms with Crippen molar-refractivity contribution in [2.24, 2.45) is 11.8 Å². The van der Waals surface area contributed by atoms with Crippen molar-refractivity contribution in [2.75, 3.05) is 13.2 Å². The largest absolute Gasteiger partial charge is 0.480 e. The molecule has 1 N–H and O–H groups in total. The van der Waals surface area contributed by atoms with Crippen molar-refractivity contribution in [2.45, 2.75) is 32.2 Å². The van der Waals surface area contributed by atoms with Gasteiger partial charge in [-0.1, -0.05) is 18.0 Å². The highest BCUT2D eigenvalue weighted by Crippen LogP contribution is 2.42. The van der Waals surface area contributed by atoms with Crippen molar-refractivity contribution < 1.29 is 19.4 Å². The molecule has 1 aliphatic heterocycles. The maximum absolute atomic E-state index is 12.7. The lowest BCUT2D eigenvalue weighted by Gasteiger charge is -2.24. The minimum absolute atomic E-state index is 0.0579. The topological polar surface area (TPSA) is 79.7 Å². The molecule has 23 heavy (non-hydrogen) atoms. The molecule has 3 atom stereocenters. The Morgan fingerprint density at radius 2 is 2.26 bits per heavy atom. The molecule has 0 bridgehead atoms. The first-order valence-electron chi connectivity index (χ1n) is 7.85. The number of fused-ring (bicyclic) bond motifs is 1. The standard InChI is InChI=1S/C16H19ClN2O4/c1-2-23-14-12(17)6-10(7-18-14)15(20)19-8-9-4-3-5-11(9)13(19)16(21)22/h6-7,9,11,13H,2-5,8H2,1H3,(H,21,22)/t9-,11-,13-/m0/s1. The number of aromatic nitrogens is 1. The average Bonchev–Trinajstić information content (AvgIpc) is 3.08. The van der Waals surface area contributed by atoms with Crippen LogP contribution in [0.2, 0.25) is 5.02 Å². The zero-order valence-electron chi connectivity index (χ0n) is 12.9. The van der Waals surface area contributed by atoms with Gasteiger partial charge >= 0.3 is 5.97 Å².